The molecule has 0 spiro atoms. The summed E-state index contributed by atoms with van der Waals surface area (Å²) in [4.78, 5) is 23.3. The van der Waals surface area contributed by atoms with Crippen LogP contribution in [0, 0.1) is 20.8 Å². The molecule has 0 bridgehead atoms. The van der Waals surface area contributed by atoms with E-state index in [4.69, 9.17) is 4.74 Å². The molecule has 0 saturated carbocycles. The van der Waals surface area contributed by atoms with Gasteiger partial charge in [0.25, 0.3) is 0 Å². The molecule has 5 heteroatoms. The Balaban J connectivity index is 2.17. The highest BCUT2D eigenvalue weighted by molar-refractivity contribution is 7.07. The summed E-state index contributed by atoms with van der Waals surface area (Å²) in [5.74, 6) is 0.148. The molecule has 19 heavy (non-hydrogen) atoms. The number of rotatable bonds is 3. The number of aromatic nitrogens is 1. The zero-order valence-electron chi connectivity index (χ0n) is 11.1. The summed E-state index contributed by atoms with van der Waals surface area (Å²) in [6, 6.07) is 5.69. The fourth-order valence-corrected chi connectivity index (χ4v) is 2.57. The average Bonchev–Trinajstić information content (AvgIpc) is 2.66. The van der Waals surface area contributed by atoms with Crippen LogP contribution in [0.3, 0.4) is 0 Å². The zero-order valence-corrected chi connectivity index (χ0v) is 11.9. The monoisotopic (exact) mass is 277 g/mol. The second-order valence-electron chi connectivity index (χ2n) is 4.42. The van der Waals surface area contributed by atoms with Crippen LogP contribution in [0.25, 0.3) is 0 Å². The summed E-state index contributed by atoms with van der Waals surface area (Å²) in [6.07, 6.45) is 0. The minimum absolute atomic E-state index is 0.0536. The highest BCUT2D eigenvalue weighted by Crippen LogP contribution is 2.22. The summed E-state index contributed by atoms with van der Waals surface area (Å²) in [5.41, 5.74) is 2.58. The smallest absolute Gasteiger partial charge is 0.331 e. The molecule has 2 aromatic rings. The molecule has 0 amide bonds. The van der Waals surface area contributed by atoms with Crippen molar-refractivity contribution in [1.82, 2.24) is 4.57 Å². The molecule has 0 radical (unpaired) electrons. The third-order valence-corrected chi connectivity index (χ3v) is 3.77. The molecule has 0 aliphatic rings. The molecule has 1 aromatic carbocycles. The van der Waals surface area contributed by atoms with Gasteiger partial charge in [-0.2, -0.15) is 0 Å². The molecule has 0 fully saturated rings. The van der Waals surface area contributed by atoms with Crippen molar-refractivity contribution in [1.29, 1.82) is 0 Å². The fraction of sp³-hybridized carbons (Fsp3) is 0.286. The van der Waals surface area contributed by atoms with Gasteiger partial charge < -0.3 is 4.74 Å². The van der Waals surface area contributed by atoms with E-state index in [0.717, 1.165) is 28.2 Å². The Morgan fingerprint density at radius 2 is 1.89 bits per heavy atom. The highest BCUT2D eigenvalue weighted by Gasteiger charge is 2.13. The minimum Gasteiger partial charge on any atom is -0.425 e. The van der Waals surface area contributed by atoms with Gasteiger partial charge in [0.15, 0.2) is 0 Å². The second-order valence-corrected chi connectivity index (χ2v) is 5.24. The van der Waals surface area contributed by atoms with Gasteiger partial charge in [0.1, 0.15) is 12.3 Å². The maximum absolute atomic E-state index is 11.9. The van der Waals surface area contributed by atoms with Crippen LogP contribution in [0.5, 0.6) is 5.75 Å². The van der Waals surface area contributed by atoms with Crippen LogP contribution in [0.1, 0.15) is 16.8 Å². The van der Waals surface area contributed by atoms with Gasteiger partial charge in [-0.3, -0.25) is 9.36 Å². The molecule has 1 heterocycles. The summed E-state index contributed by atoms with van der Waals surface area (Å²) in [7, 11) is 0. The predicted molar refractivity (Wildman–Crippen MR) is 74.9 cm³/mol. The number of hydrogen-bond donors (Lipinski definition) is 0. The average molecular weight is 277 g/mol. The molecule has 100 valence electrons. The Morgan fingerprint density at radius 3 is 2.42 bits per heavy atom. The van der Waals surface area contributed by atoms with Gasteiger partial charge in [-0.05, 0) is 31.9 Å². The van der Waals surface area contributed by atoms with Gasteiger partial charge in [0.2, 0.25) is 0 Å². The lowest BCUT2D eigenvalue weighted by atomic mass is 10.1. The molecule has 0 unspecified atom stereocenters. The lowest BCUT2D eigenvalue weighted by Crippen LogP contribution is -2.24. The van der Waals surface area contributed by atoms with Crippen LogP contribution in [0.15, 0.2) is 28.4 Å². The van der Waals surface area contributed by atoms with Gasteiger partial charge in [-0.15, -0.1) is 0 Å². The second kappa shape index (κ2) is 5.40. The van der Waals surface area contributed by atoms with Crippen LogP contribution >= 0.6 is 11.3 Å². The molecule has 0 saturated heterocycles. The van der Waals surface area contributed by atoms with Crippen molar-refractivity contribution in [3.8, 4) is 5.75 Å². The number of nitrogens with zero attached hydrogens (tertiary/aromatic N) is 1. The molecule has 2 rings (SSSR count). The number of benzene rings is 1. The molecular formula is C14H15NO3S. The van der Waals surface area contributed by atoms with Gasteiger partial charge in [0, 0.05) is 11.1 Å². The Bertz CT molecular complexity index is 649. The maximum Gasteiger partial charge on any atom is 0.331 e. The fourth-order valence-electron chi connectivity index (χ4n) is 1.83. The van der Waals surface area contributed by atoms with Crippen molar-refractivity contribution in [2.45, 2.75) is 27.3 Å². The van der Waals surface area contributed by atoms with Crippen molar-refractivity contribution in [3.63, 3.8) is 0 Å². The molecule has 4 nitrogen and oxygen atoms in total. The van der Waals surface area contributed by atoms with E-state index < -0.39 is 5.97 Å². The number of para-hydroxylation sites is 1. The topological polar surface area (TPSA) is 48.3 Å². The molecule has 1 aromatic heterocycles. The third-order valence-electron chi connectivity index (χ3n) is 2.89. The number of carbonyl (C=O) groups is 1. The summed E-state index contributed by atoms with van der Waals surface area (Å²) < 4.78 is 6.78. The first-order valence-corrected chi connectivity index (χ1v) is 6.79. The quantitative estimate of drug-likeness (QED) is 0.639. The lowest BCUT2D eigenvalue weighted by Gasteiger charge is -2.10. The van der Waals surface area contributed by atoms with Gasteiger partial charge >= 0.3 is 10.8 Å². The van der Waals surface area contributed by atoms with Crippen LogP contribution in [-0.2, 0) is 11.3 Å². The number of esters is 1. The van der Waals surface area contributed by atoms with E-state index >= 15 is 0 Å². The Morgan fingerprint density at radius 1 is 1.26 bits per heavy atom. The number of aryl methyl sites for hydroxylation is 3. The molecule has 0 aliphatic carbocycles. The zero-order chi connectivity index (χ0) is 14.0. The maximum atomic E-state index is 11.9. The SMILES string of the molecule is Cc1cccc(C)c1OC(=O)Cn1c(C)csc1=O. The van der Waals surface area contributed by atoms with E-state index in [1.165, 1.54) is 4.57 Å². The predicted octanol–water partition coefficient (Wildman–Crippen LogP) is 2.44. The Hall–Kier alpha value is -1.88. The van der Waals surface area contributed by atoms with Crippen LogP contribution in [0.4, 0.5) is 0 Å². The largest absolute Gasteiger partial charge is 0.425 e. The van der Waals surface area contributed by atoms with E-state index in [9.17, 15) is 9.59 Å². The van der Waals surface area contributed by atoms with Gasteiger partial charge in [0.05, 0.1) is 0 Å². The van der Waals surface area contributed by atoms with Crippen molar-refractivity contribution >= 4 is 17.3 Å². The van der Waals surface area contributed by atoms with Crippen LogP contribution in [-0.4, -0.2) is 10.5 Å². The van der Waals surface area contributed by atoms with E-state index in [1.807, 2.05) is 32.0 Å². The highest BCUT2D eigenvalue weighted by atomic mass is 32.1. The third kappa shape index (κ3) is 2.93. The normalized spacial score (nSPS) is 10.5. The Kier molecular flexibility index (Phi) is 3.85. The van der Waals surface area contributed by atoms with Crippen molar-refractivity contribution < 1.29 is 9.53 Å². The summed E-state index contributed by atoms with van der Waals surface area (Å²) in [6.45, 7) is 5.52. The van der Waals surface area contributed by atoms with Crippen molar-refractivity contribution in [2.75, 3.05) is 0 Å². The number of thiazole rings is 1. The summed E-state index contributed by atoms with van der Waals surface area (Å²) >= 11 is 1.09. The number of hydrogen-bond acceptors (Lipinski definition) is 4. The van der Waals surface area contributed by atoms with Crippen LogP contribution < -0.4 is 9.61 Å². The van der Waals surface area contributed by atoms with E-state index in [2.05, 4.69) is 0 Å². The van der Waals surface area contributed by atoms with E-state index in [-0.39, 0.29) is 11.4 Å². The molecular weight excluding hydrogens is 262 g/mol. The lowest BCUT2D eigenvalue weighted by molar-refractivity contribution is -0.135. The molecule has 0 atom stereocenters. The van der Waals surface area contributed by atoms with E-state index in [0.29, 0.717) is 5.75 Å². The van der Waals surface area contributed by atoms with Gasteiger partial charge in [-0.25, -0.2) is 4.79 Å². The van der Waals surface area contributed by atoms with Crippen molar-refractivity contribution in [3.05, 3.63) is 50.1 Å². The van der Waals surface area contributed by atoms with Gasteiger partial charge in [-0.1, -0.05) is 29.5 Å². The first-order chi connectivity index (χ1) is 8.99. The minimum atomic E-state index is -0.430. The first-order valence-electron chi connectivity index (χ1n) is 5.91. The number of carbonyl (C=O) groups excluding carboxylic acids is 1. The van der Waals surface area contributed by atoms with Crippen molar-refractivity contribution in [2.24, 2.45) is 0 Å². The molecule has 0 aliphatic heterocycles. The first kappa shape index (κ1) is 13.5. The Labute approximate surface area is 115 Å². The van der Waals surface area contributed by atoms with Crippen LogP contribution in [0.2, 0.25) is 0 Å². The van der Waals surface area contributed by atoms with E-state index in [1.54, 1.807) is 12.3 Å². The molecule has 0 N–H and O–H groups in total. The number of ether oxygens (including phenoxy) is 1. The standard InChI is InChI=1S/C14H15NO3S/c1-9-5-4-6-10(2)13(9)18-12(16)7-15-11(3)8-19-14(15)17/h4-6,8H,7H2,1-3H3. The summed E-state index contributed by atoms with van der Waals surface area (Å²) in [5, 5.41) is 1.73.